The summed E-state index contributed by atoms with van der Waals surface area (Å²) in [7, 11) is 1.57. The van der Waals surface area contributed by atoms with Crippen LogP contribution in [0.2, 0.25) is 0 Å². The molecule has 0 saturated carbocycles. The summed E-state index contributed by atoms with van der Waals surface area (Å²) in [6, 6.07) is 7.05. The minimum absolute atomic E-state index is 0.129. The highest BCUT2D eigenvalue weighted by Crippen LogP contribution is 2.18. The number of imidazole rings is 1. The smallest absolute Gasteiger partial charge is 0.262 e. The average Bonchev–Trinajstić information content (AvgIpc) is 3.07. The van der Waals surface area contributed by atoms with Gasteiger partial charge in [0.25, 0.3) is 5.91 Å². The summed E-state index contributed by atoms with van der Waals surface area (Å²) in [6.45, 7) is 1.73. The normalized spacial score (nSPS) is 10.3. The summed E-state index contributed by atoms with van der Waals surface area (Å²) in [4.78, 5) is 24.5. The van der Waals surface area contributed by atoms with Crippen molar-refractivity contribution in [1.29, 1.82) is 0 Å². The summed E-state index contributed by atoms with van der Waals surface area (Å²) < 4.78 is 12.3. The van der Waals surface area contributed by atoms with Crippen molar-refractivity contribution in [1.82, 2.24) is 19.5 Å². The molecule has 0 aliphatic rings. The quantitative estimate of drug-likeness (QED) is 0.738. The van der Waals surface area contributed by atoms with Gasteiger partial charge in [-0.15, -0.1) is 0 Å². The van der Waals surface area contributed by atoms with Gasteiger partial charge in [-0.1, -0.05) is 6.07 Å². The summed E-state index contributed by atoms with van der Waals surface area (Å²) in [5.74, 6) is 2.18. The second-order valence-electron chi connectivity index (χ2n) is 5.13. The van der Waals surface area contributed by atoms with Crippen LogP contribution < -0.4 is 14.8 Å². The fraction of sp³-hybridized carbons (Fsp3) is 0.176. The van der Waals surface area contributed by atoms with Gasteiger partial charge in [-0.05, 0) is 19.1 Å². The van der Waals surface area contributed by atoms with Crippen LogP contribution in [0.3, 0.4) is 0 Å². The van der Waals surface area contributed by atoms with Crippen LogP contribution in [0, 0.1) is 6.92 Å². The Labute approximate surface area is 144 Å². The third kappa shape index (κ3) is 4.11. The van der Waals surface area contributed by atoms with Crippen LogP contribution in [0.25, 0.3) is 5.95 Å². The zero-order valence-electron chi connectivity index (χ0n) is 13.8. The molecular formula is C17H17N5O3. The van der Waals surface area contributed by atoms with Gasteiger partial charge in [0.15, 0.2) is 6.61 Å². The molecule has 3 rings (SSSR count). The Balaban J connectivity index is 1.56. The van der Waals surface area contributed by atoms with Crippen LogP contribution >= 0.6 is 0 Å². The highest BCUT2D eigenvalue weighted by molar-refractivity contribution is 5.91. The molecule has 8 nitrogen and oxygen atoms in total. The summed E-state index contributed by atoms with van der Waals surface area (Å²) in [5, 5.41) is 2.68. The third-order valence-corrected chi connectivity index (χ3v) is 3.37. The van der Waals surface area contributed by atoms with Crippen molar-refractivity contribution in [3.8, 4) is 17.4 Å². The number of nitrogens with one attached hydrogen (secondary N) is 1. The lowest BCUT2D eigenvalue weighted by atomic mass is 10.3. The van der Waals surface area contributed by atoms with Crippen molar-refractivity contribution in [3.63, 3.8) is 0 Å². The Morgan fingerprint density at radius 3 is 2.64 bits per heavy atom. The molecule has 3 aromatic rings. The second kappa shape index (κ2) is 7.43. The number of carbonyl (C=O) groups excluding carboxylic acids is 1. The largest absolute Gasteiger partial charge is 0.497 e. The fourth-order valence-electron chi connectivity index (χ4n) is 2.14. The molecular weight excluding hydrogens is 322 g/mol. The molecule has 0 aliphatic carbocycles. The Morgan fingerprint density at radius 2 is 1.96 bits per heavy atom. The van der Waals surface area contributed by atoms with E-state index >= 15 is 0 Å². The Kier molecular flexibility index (Phi) is 4.89. The van der Waals surface area contributed by atoms with E-state index in [1.807, 2.05) is 6.92 Å². The molecule has 0 aliphatic heterocycles. The Hall–Kier alpha value is -3.42. The van der Waals surface area contributed by atoms with Gasteiger partial charge in [0.1, 0.15) is 17.3 Å². The number of anilines is 1. The minimum Gasteiger partial charge on any atom is -0.497 e. The zero-order valence-corrected chi connectivity index (χ0v) is 13.8. The molecule has 0 atom stereocenters. The maximum absolute atomic E-state index is 12.0. The van der Waals surface area contributed by atoms with E-state index in [1.165, 1.54) is 12.4 Å². The van der Waals surface area contributed by atoms with E-state index in [-0.39, 0.29) is 12.5 Å². The lowest BCUT2D eigenvalue weighted by Gasteiger charge is -2.09. The molecule has 1 aromatic carbocycles. The van der Waals surface area contributed by atoms with Gasteiger partial charge in [0, 0.05) is 18.5 Å². The monoisotopic (exact) mass is 339 g/mol. The maximum atomic E-state index is 12.0. The number of ether oxygens (including phenoxy) is 2. The number of hydrogen-bond acceptors (Lipinski definition) is 6. The van der Waals surface area contributed by atoms with Crippen LogP contribution in [0.15, 0.2) is 49.1 Å². The molecule has 1 N–H and O–H groups in total. The first-order valence-electron chi connectivity index (χ1n) is 7.55. The van der Waals surface area contributed by atoms with Crippen molar-refractivity contribution < 1.29 is 14.3 Å². The van der Waals surface area contributed by atoms with E-state index in [1.54, 1.807) is 48.3 Å². The number of aromatic nitrogens is 4. The lowest BCUT2D eigenvalue weighted by molar-refractivity contribution is -0.118. The summed E-state index contributed by atoms with van der Waals surface area (Å²) in [6.07, 6.45) is 6.51. The van der Waals surface area contributed by atoms with Gasteiger partial charge in [-0.25, -0.2) is 15.0 Å². The van der Waals surface area contributed by atoms with E-state index in [0.717, 1.165) is 5.82 Å². The first-order valence-corrected chi connectivity index (χ1v) is 7.55. The van der Waals surface area contributed by atoms with Gasteiger partial charge in [-0.2, -0.15) is 0 Å². The first-order chi connectivity index (χ1) is 12.2. The number of rotatable bonds is 6. The second-order valence-corrected chi connectivity index (χ2v) is 5.13. The zero-order chi connectivity index (χ0) is 17.6. The number of nitrogens with zero attached hydrogens (tertiary/aromatic N) is 4. The van der Waals surface area contributed by atoms with Crippen molar-refractivity contribution in [2.45, 2.75) is 6.92 Å². The number of aryl methyl sites for hydroxylation is 1. The van der Waals surface area contributed by atoms with E-state index in [2.05, 4.69) is 20.3 Å². The van der Waals surface area contributed by atoms with Crippen LogP contribution in [0.4, 0.5) is 5.69 Å². The molecule has 128 valence electrons. The van der Waals surface area contributed by atoms with Crippen molar-refractivity contribution in [2.24, 2.45) is 0 Å². The van der Waals surface area contributed by atoms with Crippen LogP contribution in [0.1, 0.15) is 5.82 Å². The number of methoxy groups -OCH3 is 1. The summed E-state index contributed by atoms with van der Waals surface area (Å²) in [5.41, 5.74) is 0.487. The number of hydrogen-bond donors (Lipinski definition) is 1. The van der Waals surface area contributed by atoms with Crippen molar-refractivity contribution in [2.75, 3.05) is 19.0 Å². The molecule has 2 aromatic heterocycles. The van der Waals surface area contributed by atoms with Gasteiger partial charge in [0.05, 0.1) is 25.2 Å². The van der Waals surface area contributed by atoms with Crippen LogP contribution in [-0.4, -0.2) is 39.1 Å². The third-order valence-electron chi connectivity index (χ3n) is 3.37. The standard InChI is InChI=1S/C17H17N5O3/c1-12-18-6-7-22(12)17-19-9-13(10-20-17)21-16(23)11-25-15-5-3-4-14(8-15)24-2/h3-10H,11H2,1-2H3,(H,21,23). The Bertz CT molecular complexity index is 861. The molecule has 0 saturated heterocycles. The van der Waals surface area contributed by atoms with Crippen LogP contribution in [0.5, 0.6) is 11.5 Å². The van der Waals surface area contributed by atoms with Crippen molar-refractivity contribution in [3.05, 3.63) is 54.9 Å². The SMILES string of the molecule is COc1cccc(OCC(=O)Nc2cnc(-n3ccnc3C)nc2)c1. The van der Waals surface area contributed by atoms with Gasteiger partial charge in [-0.3, -0.25) is 9.36 Å². The Morgan fingerprint density at radius 1 is 1.20 bits per heavy atom. The number of carbonyl (C=O) groups is 1. The first kappa shape index (κ1) is 16.4. The van der Waals surface area contributed by atoms with E-state index in [4.69, 9.17) is 9.47 Å². The topological polar surface area (TPSA) is 91.2 Å². The molecule has 0 radical (unpaired) electrons. The van der Waals surface area contributed by atoms with E-state index in [0.29, 0.717) is 23.1 Å². The van der Waals surface area contributed by atoms with Crippen LogP contribution in [-0.2, 0) is 4.79 Å². The average molecular weight is 339 g/mol. The van der Waals surface area contributed by atoms with Gasteiger partial charge in [0.2, 0.25) is 5.95 Å². The molecule has 0 bridgehead atoms. The fourth-order valence-corrected chi connectivity index (χ4v) is 2.14. The predicted octanol–water partition coefficient (Wildman–Crippen LogP) is 2.00. The predicted molar refractivity (Wildman–Crippen MR) is 91.0 cm³/mol. The molecule has 8 heteroatoms. The van der Waals surface area contributed by atoms with Crippen molar-refractivity contribution >= 4 is 11.6 Å². The van der Waals surface area contributed by atoms with Gasteiger partial charge >= 0.3 is 0 Å². The number of benzene rings is 1. The molecule has 2 heterocycles. The molecule has 0 fully saturated rings. The van der Waals surface area contributed by atoms with Gasteiger partial charge < -0.3 is 14.8 Å². The van der Waals surface area contributed by atoms with E-state index < -0.39 is 0 Å². The molecule has 1 amide bonds. The number of amides is 1. The highest BCUT2D eigenvalue weighted by Gasteiger charge is 2.07. The highest BCUT2D eigenvalue weighted by atomic mass is 16.5. The minimum atomic E-state index is -0.307. The molecule has 25 heavy (non-hydrogen) atoms. The summed E-state index contributed by atoms with van der Waals surface area (Å²) >= 11 is 0. The molecule has 0 spiro atoms. The van der Waals surface area contributed by atoms with E-state index in [9.17, 15) is 4.79 Å². The molecule has 0 unspecified atom stereocenters. The maximum Gasteiger partial charge on any atom is 0.262 e. The lowest BCUT2D eigenvalue weighted by Crippen LogP contribution is -2.20.